The van der Waals surface area contributed by atoms with Gasteiger partial charge in [0.25, 0.3) is 5.91 Å². The van der Waals surface area contributed by atoms with Gasteiger partial charge in [0.2, 0.25) is 5.13 Å². The van der Waals surface area contributed by atoms with Crippen LogP contribution in [-0.2, 0) is 11.2 Å². The Balaban J connectivity index is 1.66. The molecule has 0 radical (unpaired) electrons. The Labute approximate surface area is 221 Å². The van der Waals surface area contributed by atoms with Crippen LogP contribution >= 0.6 is 11.3 Å². The average molecular weight is 519 g/mol. The van der Waals surface area contributed by atoms with Crippen molar-refractivity contribution in [3.05, 3.63) is 76.8 Å². The second-order valence-electron chi connectivity index (χ2n) is 8.16. The van der Waals surface area contributed by atoms with Crippen molar-refractivity contribution in [3.8, 4) is 23.3 Å². The molecule has 2 aromatic carbocycles. The molecule has 0 saturated carbocycles. The maximum absolute atomic E-state index is 12.6. The van der Waals surface area contributed by atoms with Crippen molar-refractivity contribution in [2.45, 2.75) is 33.1 Å². The maximum Gasteiger partial charge on any atom is 0.268 e. The molecule has 1 heterocycles. The summed E-state index contributed by atoms with van der Waals surface area (Å²) >= 11 is 1.28. The van der Waals surface area contributed by atoms with Gasteiger partial charge in [-0.15, -0.1) is 16.8 Å². The first-order valence-electron chi connectivity index (χ1n) is 11.9. The van der Waals surface area contributed by atoms with Crippen LogP contribution in [0.25, 0.3) is 6.08 Å². The Morgan fingerprint density at radius 1 is 1.11 bits per heavy atom. The third kappa shape index (κ3) is 7.92. The summed E-state index contributed by atoms with van der Waals surface area (Å²) in [6.07, 6.45) is 4.05. The molecule has 0 saturated heterocycles. The van der Waals surface area contributed by atoms with Crippen molar-refractivity contribution in [2.75, 3.05) is 25.1 Å². The molecule has 0 aliphatic carbocycles. The quantitative estimate of drug-likeness (QED) is 0.132. The normalized spacial score (nSPS) is 11.1. The molecular formula is C28H30N4O4S. The van der Waals surface area contributed by atoms with Gasteiger partial charge in [-0.2, -0.15) is 5.26 Å². The highest BCUT2D eigenvalue weighted by Gasteiger charge is 2.15. The van der Waals surface area contributed by atoms with Crippen molar-refractivity contribution in [3.63, 3.8) is 0 Å². The molecule has 9 heteroatoms. The summed E-state index contributed by atoms with van der Waals surface area (Å²) in [6.45, 7) is 10.7. The van der Waals surface area contributed by atoms with Gasteiger partial charge in [0.15, 0.2) is 11.5 Å². The lowest BCUT2D eigenvalue weighted by atomic mass is 10.1. The molecular weight excluding hydrogens is 488 g/mol. The molecule has 0 atom stereocenters. The molecule has 192 valence electrons. The fourth-order valence-corrected chi connectivity index (χ4v) is 4.01. The number of carbonyl (C=O) groups excluding carboxylic acids is 1. The van der Waals surface area contributed by atoms with Crippen LogP contribution in [0.1, 0.15) is 42.8 Å². The number of benzene rings is 2. The van der Waals surface area contributed by atoms with Crippen LogP contribution in [0, 0.1) is 11.3 Å². The summed E-state index contributed by atoms with van der Waals surface area (Å²) in [5.74, 6) is 1.49. The second-order valence-corrected chi connectivity index (χ2v) is 9.17. The van der Waals surface area contributed by atoms with E-state index < -0.39 is 5.91 Å². The second kappa shape index (κ2) is 13.8. The standard InChI is InChI=1S/C28H30N4O4S/c1-5-9-21-10-7-8-11-23(21)35-14-15-36-24-13-12-20(17-25(24)34-6-2)16-22(18-29)26(33)30-28-32-31-27(37-28)19(3)4/h5,7-8,10-13,16-17,19H,1,6,9,14-15H2,2-4H3,(H,30,32,33)/b22-16-. The van der Waals surface area contributed by atoms with Gasteiger partial charge >= 0.3 is 0 Å². The third-order valence-electron chi connectivity index (χ3n) is 5.03. The van der Waals surface area contributed by atoms with Gasteiger partial charge in [0.05, 0.1) is 6.61 Å². The maximum atomic E-state index is 12.6. The van der Waals surface area contributed by atoms with E-state index in [2.05, 4.69) is 22.1 Å². The SMILES string of the molecule is C=CCc1ccccc1OCCOc1ccc(/C=C(/C#N)C(=O)Nc2nnc(C(C)C)s2)cc1OCC. The number of para-hydroxylation sites is 1. The van der Waals surface area contributed by atoms with Gasteiger partial charge in [-0.1, -0.05) is 55.5 Å². The zero-order valence-electron chi connectivity index (χ0n) is 21.2. The number of amides is 1. The summed E-state index contributed by atoms with van der Waals surface area (Å²) in [5.41, 5.74) is 1.62. The topological polar surface area (TPSA) is 106 Å². The minimum Gasteiger partial charge on any atom is -0.490 e. The van der Waals surface area contributed by atoms with Crippen LogP contribution in [0.2, 0.25) is 0 Å². The van der Waals surface area contributed by atoms with Gasteiger partial charge in [-0.25, -0.2) is 0 Å². The largest absolute Gasteiger partial charge is 0.490 e. The molecule has 1 aromatic heterocycles. The van der Waals surface area contributed by atoms with Crippen LogP contribution in [0.5, 0.6) is 17.2 Å². The highest BCUT2D eigenvalue weighted by Crippen LogP contribution is 2.30. The van der Waals surface area contributed by atoms with E-state index >= 15 is 0 Å². The Hall–Kier alpha value is -4.16. The van der Waals surface area contributed by atoms with Gasteiger partial charge in [0.1, 0.15) is 35.6 Å². The zero-order chi connectivity index (χ0) is 26.6. The minimum absolute atomic E-state index is 0.0657. The summed E-state index contributed by atoms with van der Waals surface area (Å²) in [7, 11) is 0. The summed E-state index contributed by atoms with van der Waals surface area (Å²) in [6, 6.07) is 15.0. The Bertz CT molecular complexity index is 1290. The summed E-state index contributed by atoms with van der Waals surface area (Å²) in [4.78, 5) is 12.6. The number of aromatic nitrogens is 2. The molecule has 1 amide bonds. The molecule has 0 aliphatic rings. The van der Waals surface area contributed by atoms with Gasteiger partial charge in [-0.05, 0) is 48.7 Å². The lowest BCUT2D eigenvalue weighted by molar-refractivity contribution is -0.112. The number of allylic oxidation sites excluding steroid dienone is 1. The number of rotatable bonds is 13. The van der Waals surface area contributed by atoms with Crippen LogP contribution in [-0.4, -0.2) is 35.9 Å². The van der Waals surface area contributed by atoms with E-state index in [1.807, 2.05) is 57.2 Å². The van der Waals surface area contributed by atoms with E-state index in [1.54, 1.807) is 18.2 Å². The van der Waals surface area contributed by atoms with Gasteiger partial charge in [-0.3, -0.25) is 10.1 Å². The number of hydrogen-bond acceptors (Lipinski definition) is 8. The first-order chi connectivity index (χ1) is 17.9. The predicted molar refractivity (Wildman–Crippen MR) is 145 cm³/mol. The van der Waals surface area contributed by atoms with Gasteiger partial charge in [0, 0.05) is 5.92 Å². The first-order valence-corrected chi connectivity index (χ1v) is 12.7. The molecule has 3 aromatic rings. The fraction of sp³-hybridized carbons (Fsp3) is 0.286. The molecule has 0 aliphatic heterocycles. The van der Waals surface area contributed by atoms with Crippen LogP contribution < -0.4 is 19.5 Å². The number of carbonyl (C=O) groups is 1. The fourth-order valence-electron chi connectivity index (χ4n) is 3.27. The Morgan fingerprint density at radius 2 is 1.86 bits per heavy atom. The van der Waals surface area contributed by atoms with E-state index in [1.165, 1.54) is 17.4 Å². The molecule has 37 heavy (non-hydrogen) atoms. The van der Waals surface area contributed by atoms with Gasteiger partial charge < -0.3 is 14.2 Å². The number of nitrogens with zero attached hydrogens (tertiary/aromatic N) is 3. The Kier molecular flexibility index (Phi) is 10.2. The van der Waals surface area contributed by atoms with E-state index in [0.717, 1.165) is 22.7 Å². The van der Waals surface area contributed by atoms with Crippen LogP contribution in [0.4, 0.5) is 5.13 Å². The first kappa shape index (κ1) is 27.4. The van der Waals surface area contributed by atoms with E-state index in [9.17, 15) is 10.1 Å². The zero-order valence-corrected chi connectivity index (χ0v) is 22.0. The highest BCUT2D eigenvalue weighted by atomic mass is 32.1. The van der Waals surface area contributed by atoms with Crippen molar-refractivity contribution in [1.82, 2.24) is 10.2 Å². The van der Waals surface area contributed by atoms with Crippen molar-refractivity contribution in [2.24, 2.45) is 0 Å². The van der Waals surface area contributed by atoms with Crippen molar-refractivity contribution < 1.29 is 19.0 Å². The van der Waals surface area contributed by atoms with E-state index in [0.29, 0.717) is 42.0 Å². The van der Waals surface area contributed by atoms with E-state index in [-0.39, 0.29) is 11.5 Å². The molecule has 0 spiro atoms. The Morgan fingerprint density at radius 3 is 2.54 bits per heavy atom. The molecule has 8 nitrogen and oxygen atoms in total. The third-order valence-corrected chi connectivity index (χ3v) is 6.17. The molecule has 0 bridgehead atoms. The number of hydrogen-bond donors (Lipinski definition) is 1. The molecule has 0 fully saturated rings. The monoisotopic (exact) mass is 518 g/mol. The van der Waals surface area contributed by atoms with E-state index in [4.69, 9.17) is 14.2 Å². The molecule has 3 rings (SSSR count). The molecule has 1 N–H and O–H groups in total. The summed E-state index contributed by atoms with van der Waals surface area (Å²) in [5, 5.41) is 21.4. The number of nitrogens with one attached hydrogen (secondary N) is 1. The lowest BCUT2D eigenvalue weighted by Crippen LogP contribution is -2.13. The lowest BCUT2D eigenvalue weighted by Gasteiger charge is -2.14. The average Bonchev–Trinajstić information content (AvgIpc) is 3.36. The smallest absolute Gasteiger partial charge is 0.268 e. The van der Waals surface area contributed by atoms with Crippen molar-refractivity contribution in [1.29, 1.82) is 5.26 Å². The predicted octanol–water partition coefficient (Wildman–Crippen LogP) is 5.79. The van der Waals surface area contributed by atoms with Crippen LogP contribution in [0.3, 0.4) is 0 Å². The summed E-state index contributed by atoms with van der Waals surface area (Å²) < 4.78 is 17.5. The highest BCUT2D eigenvalue weighted by molar-refractivity contribution is 7.15. The number of ether oxygens (including phenoxy) is 3. The molecule has 0 unspecified atom stereocenters. The number of anilines is 1. The minimum atomic E-state index is -0.555. The van der Waals surface area contributed by atoms with Crippen LogP contribution in [0.15, 0.2) is 60.7 Å². The number of nitriles is 1. The van der Waals surface area contributed by atoms with Crippen molar-refractivity contribution >= 4 is 28.5 Å².